The number of para-hydroxylation sites is 1. The van der Waals surface area contributed by atoms with E-state index in [0.29, 0.717) is 45.7 Å². The molecule has 0 aliphatic carbocycles. The van der Waals surface area contributed by atoms with Crippen LogP contribution in [0.2, 0.25) is 0 Å². The summed E-state index contributed by atoms with van der Waals surface area (Å²) in [5.41, 5.74) is 0.964. The van der Waals surface area contributed by atoms with Crippen molar-refractivity contribution >= 4 is 27.5 Å². The minimum atomic E-state index is 0.0509. The van der Waals surface area contributed by atoms with Gasteiger partial charge in [0.05, 0.1) is 23.4 Å². The van der Waals surface area contributed by atoms with Gasteiger partial charge in [-0.25, -0.2) is 0 Å². The van der Waals surface area contributed by atoms with Crippen molar-refractivity contribution in [2.45, 2.75) is 19.4 Å². The molecule has 5 nitrogen and oxygen atoms in total. The van der Waals surface area contributed by atoms with E-state index in [-0.39, 0.29) is 10.8 Å². The molecular weight excluding hydrogens is 288 g/mol. The minimum Gasteiger partial charge on any atom is -0.378 e. The van der Waals surface area contributed by atoms with Gasteiger partial charge in [0.2, 0.25) is 5.91 Å². The first-order valence-electron chi connectivity index (χ1n) is 7.19. The molecular formula is C15H18N2O3S. The summed E-state index contributed by atoms with van der Waals surface area (Å²) in [5.74, 6) is 0.158. The van der Waals surface area contributed by atoms with E-state index in [2.05, 4.69) is 0 Å². The van der Waals surface area contributed by atoms with Crippen LogP contribution in [-0.2, 0) is 16.1 Å². The Bertz CT molecular complexity index is 686. The van der Waals surface area contributed by atoms with Crippen LogP contribution in [0.3, 0.4) is 0 Å². The maximum Gasteiger partial charge on any atom is 0.308 e. The second-order valence-electron chi connectivity index (χ2n) is 5.08. The van der Waals surface area contributed by atoms with E-state index in [4.69, 9.17) is 4.74 Å². The predicted molar refractivity (Wildman–Crippen MR) is 82.7 cm³/mol. The first-order valence-corrected chi connectivity index (χ1v) is 8.01. The van der Waals surface area contributed by atoms with Crippen LogP contribution in [0.5, 0.6) is 0 Å². The van der Waals surface area contributed by atoms with Gasteiger partial charge in [-0.05, 0) is 18.6 Å². The van der Waals surface area contributed by atoms with E-state index in [1.807, 2.05) is 29.2 Å². The molecule has 2 aromatic rings. The summed E-state index contributed by atoms with van der Waals surface area (Å²) in [6.07, 6.45) is 1.17. The molecule has 1 saturated heterocycles. The van der Waals surface area contributed by atoms with Crippen LogP contribution in [0.4, 0.5) is 0 Å². The Kier molecular flexibility index (Phi) is 4.36. The van der Waals surface area contributed by atoms with Crippen molar-refractivity contribution in [2.24, 2.45) is 0 Å². The van der Waals surface area contributed by atoms with Gasteiger partial charge in [-0.15, -0.1) is 0 Å². The lowest BCUT2D eigenvalue weighted by atomic mass is 10.2. The number of aromatic nitrogens is 1. The van der Waals surface area contributed by atoms with Gasteiger partial charge in [-0.3, -0.25) is 14.2 Å². The SMILES string of the molecule is O=C(CCCn1c(=O)sc2ccccc21)N1CCOCC1. The number of morpholine rings is 1. The van der Waals surface area contributed by atoms with Gasteiger partial charge in [0.25, 0.3) is 0 Å². The van der Waals surface area contributed by atoms with Crippen LogP contribution in [0.15, 0.2) is 29.1 Å². The molecule has 0 bridgehead atoms. The standard InChI is InChI=1S/C15H18N2O3S/c18-14(16-8-10-20-11-9-16)6-3-7-17-12-4-1-2-5-13(12)21-15(17)19/h1-2,4-5H,3,6-11H2. The number of amides is 1. The molecule has 112 valence electrons. The lowest BCUT2D eigenvalue weighted by Gasteiger charge is -2.26. The Balaban J connectivity index is 1.60. The van der Waals surface area contributed by atoms with Crippen molar-refractivity contribution in [3.05, 3.63) is 33.9 Å². The van der Waals surface area contributed by atoms with Crippen LogP contribution >= 0.6 is 11.3 Å². The number of benzene rings is 1. The Morgan fingerprint density at radius 3 is 2.81 bits per heavy atom. The third-order valence-corrected chi connectivity index (χ3v) is 4.67. The molecule has 1 aliphatic heterocycles. The highest BCUT2D eigenvalue weighted by molar-refractivity contribution is 7.16. The number of fused-ring (bicyclic) bond motifs is 1. The third-order valence-electron chi connectivity index (χ3n) is 3.71. The van der Waals surface area contributed by atoms with Gasteiger partial charge in [-0.2, -0.15) is 0 Å². The van der Waals surface area contributed by atoms with E-state index >= 15 is 0 Å². The fourth-order valence-electron chi connectivity index (χ4n) is 2.58. The Labute approximate surface area is 126 Å². The van der Waals surface area contributed by atoms with Crippen molar-refractivity contribution in [3.63, 3.8) is 0 Å². The Morgan fingerprint density at radius 1 is 1.24 bits per heavy atom. The van der Waals surface area contributed by atoms with Crippen LogP contribution < -0.4 is 4.87 Å². The van der Waals surface area contributed by atoms with E-state index in [0.717, 1.165) is 10.2 Å². The number of thiazole rings is 1. The van der Waals surface area contributed by atoms with Crippen LogP contribution in [0, 0.1) is 0 Å². The first kappa shape index (κ1) is 14.3. The highest BCUT2D eigenvalue weighted by Crippen LogP contribution is 2.17. The topological polar surface area (TPSA) is 51.5 Å². The maximum absolute atomic E-state index is 12.1. The fraction of sp³-hybridized carbons (Fsp3) is 0.467. The monoisotopic (exact) mass is 306 g/mol. The van der Waals surface area contributed by atoms with E-state index in [9.17, 15) is 9.59 Å². The third kappa shape index (κ3) is 3.16. The summed E-state index contributed by atoms with van der Waals surface area (Å²) in [5, 5.41) is 0. The van der Waals surface area contributed by atoms with Gasteiger partial charge >= 0.3 is 4.87 Å². The van der Waals surface area contributed by atoms with Gasteiger partial charge in [0.1, 0.15) is 0 Å². The highest BCUT2D eigenvalue weighted by Gasteiger charge is 2.16. The van der Waals surface area contributed by atoms with Crippen molar-refractivity contribution in [2.75, 3.05) is 26.3 Å². The summed E-state index contributed by atoms with van der Waals surface area (Å²) < 4.78 is 8.01. The second kappa shape index (κ2) is 6.41. The predicted octanol–water partition coefficient (Wildman–Crippen LogP) is 1.70. The Morgan fingerprint density at radius 2 is 2.00 bits per heavy atom. The summed E-state index contributed by atoms with van der Waals surface area (Å²) in [7, 11) is 0. The molecule has 0 atom stereocenters. The highest BCUT2D eigenvalue weighted by atomic mass is 32.1. The van der Waals surface area contributed by atoms with Gasteiger partial charge < -0.3 is 9.64 Å². The van der Waals surface area contributed by atoms with Crippen LogP contribution in [0.1, 0.15) is 12.8 Å². The zero-order valence-electron chi connectivity index (χ0n) is 11.8. The lowest BCUT2D eigenvalue weighted by molar-refractivity contribution is -0.135. The molecule has 1 aliphatic rings. The summed E-state index contributed by atoms with van der Waals surface area (Å²) >= 11 is 1.26. The average Bonchev–Trinajstić information content (AvgIpc) is 2.84. The van der Waals surface area contributed by atoms with E-state index in [1.165, 1.54) is 11.3 Å². The molecule has 6 heteroatoms. The number of ether oxygens (including phenoxy) is 1. The molecule has 0 N–H and O–H groups in total. The molecule has 3 rings (SSSR count). The van der Waals surface area contributed by atoms with Crippen LogP contribution in [0.25, 0.3) is 10.2 Å². The molecule has 0 saturated carbocycles. The molecule has 2 heterocycles. The summed E-state index contributed by atoms with van der Waals surface area (Å²) in [4.78, 5) is 25.9. The number of aryl methyl sites for hydroxylation is 1. The van der Waals surface area contributed by atoms with Crippen LogP contribution in [-0.4, -0.2) is 41.7 Å². The normalized spacial score (nSPS) is 15.5. The maximum atomic E-state index is 12.1. The molecule has 21 heavy (non-hydrogen) atoms. The number of carbonyl (C=O) groups excluding carboxylic acids is 1. The van der Waals surface area contributed by atoms with Crippen molar-refractivity contribution < 1.29 is 9.53 Å². The smallest absolute Gasteiger partial charge is 0.308 e. The number of hydrogen-bond donors (Lipinski definition) is 0. The second-order valence-corrected chi connectivity index (χ2v) is 6.08. The van der Waals surface area contributed by atoms with E-state index < -0.39 is 0 Å². The molecule has 1 amide bonds. The molecule has 0 radical (unpaired) electrons. The Hall–Kier alpha value is -1.66. The first-order chi connectivity index (χ1) is 10.3. The zero-order chi connectivity index (χ0) is 14.7. The number of nitrogens with zero attached hydrogens (tertiary/aromatic N) is 2. The quantitative estimate of drug-likeness (QED) is 0.864. The van der Waals surface area contributed by atoms with Gasteiger partial charge in [-0.1, -0.05) is 23.5 Å². The summed E-state index contributed by atoms with van der Waals surface area (Å²) in [6.45, 7) is 3.21. The average molecular weight is 306 g/mol. The van der Waals surface area contributed by atoms with Crippen molar-refractivity contribution in [1.82, 2.24) is 9.47 Å². The van der Waals surface area contributed by atoms with Gasteiger partial charge in [0, 0.05) is 26.1 Å². The molecule has 1 aromatic heterocycles. The number of carbonyl (C=O) groups is 1. The fourth-order valence-corrected chi connectivity index (χ4v) is 3.50. The zero-order valence-corrected chi connectivity index (χ0v) is 12.6. The molecule has 0 unspecified atom stereocenters. The van der Waals surface area contributed by atoms with Gasteiger partial charge in [0.15, 0.2) is 0 Å². The number of hydrogen-bond acceptors (Lipinski definition) is 4. The molecule has 1 aromatic carbocycles. The van der Waals surface area contributed by atoms with E-state index in [1.54, 1.807) is 4.57 Å². The summed E-state index contributed by atoms with van der Waals surface area (Å²) in [6, 6.07) is 7.78. The molecule has 0 spiro atoms. The largest absolute Gasteiger partial charge is 0.378 e. The van der Waals surface area contributed by atoms with Crippen molar-refractivity contribution in [3.8, 4) is 0 Å². The van der Waals surface area contributed by atoms with Crippen molar-refractivity contribution in [1.29, 1.82) is 0 Å². The number of rotatable bonds is 4. The minimum absolute atomic E-state index is 0.0509. The molecule has 1 fully saturated rings. The lowest BCUT2D eigenvalue weighted by Crippen LogP contribution is -2.40.